The molecular weight excluding hydrogens is 338 g/mol. The maximum Gasteiger partial charge on any atom is 0.0107 e. The molecule has 0 N–H and O–H groups in total. The monoisotopic (exact) mass is 365 g/mol. The highest BCUT2D eigenvalue weighted by Gasteiger charge is 2.18. The summed E-state index contributed by atoms with van der Waals surface area (Å²) in [4.78, 5) is 2.56. The second kappa shape index (κ2) is 6.76. The Morgan fingerprint density at radius 2 is 1.21 bits per heavy atom. The van der Waals surface area contributed by atoms with Gasteiger partial charge in [-0.25, -0.2) is 0 Å². The summed E-state index contributed by atoms with van der Waals surface area (Å²) in [7, 11) is 0. The Bertz CT molecular complexity index is 1270. The standard InChI is InChI=1S/C27H27N/c1-4-28(5-2)18(3)17-21-16-15-20-11-7-13-23-22-12-6-9-19-10-8-14-24(25(19)22)27(21)26(20)23/h6-16,18H,4-5,17H2,1-3H3. The van der Waals surface area contributed by atoms with Crippen LogP contribution in [0.2, 0.25) is 0 Å². The van der Waals surface area contributed by atoms with Gasteiger partial charge < -0.3 is 4.90 Å². The van der Waals surface area contributed by atoms with E-state index < -0.39 is 0 Å². The summed E-state index contributed by atoms with van der Waals surface area (Å²) >= 11 is 0. The normalized spacial score (nSPS) is 13.4. The molecule has 0 bridgehead atoms. The molecule has 1 heteroatoms. The Balaban J connectivity index is 1.89. The fourth-order valence-electron chi connectivity index (χ4n) is 5.19. The first-order valence-electron chi connectivity index (χ1n) is 10.5. The predicted molar refractivity (Wildman–Crippen MR) is 124 cm³/mol. The van der Waals surface area contributed by atoms with E-state index in [0.29, 0.717) is 6.04 Å². The molecule has 0 spiro atoms. The Kier molecular flexibility index (Phi) is 4.21. The van der Waals surface area contributed by atoms with E-state index in [1.54, 1.807) is 0 Å². The molecule has 140 valence electrons. The summed E-state index contributed by atoms with van der Waals surface area (Å²) in [6, 6.07) is 25.5. The topological polar surface area (TPSA) is 3.24 Å². The number of hydrogen-bond acceptors (Lipinski definition) is 1. The molecular formula is C27H27N. The lowest BCUT2D eigenvalue weighted by atomic mass is 9.86. The van der Waals surface area contributed by atoms with Crippen molar-refractivity contribution < 1.29 is 0 Å². The van der Waals surface area contributed by atoms with Crippen molar-refractivity contribution >= 4 is 43.1 Å². The van der Waals surface area contributed by atoms with Gasteiger partial charge in [-0.2, -0.15) is 0 Å². The lowest BCUT2D eigenvalue weighted by Crippen LogP contribution is -2.34. The van der Waals surface area contributed by atoms with Gasteiger partial charge in [0.15, 0.2) is 0 Å². The number of hydrogen-bond donors (Lipinski definition) is 0. The van der Waals surface area contributed by atoms with E-state index in [4.69, 9.17) is 0 Å². The molecule has 1 atom stereocenters. The predicted octanol–water partition coefficient (Wildman–Crippen LogP) is 7.01. The number of rotatable bonds is 5. The van der Waals surface area contributed by atoms with Gasteiger partial charge in [-0.1, -0.05) is 80.6 Å². The molecule has 1 nitrogen and oxygen atoms in total. The largest absolute Gasteiger partial charge is 0.301 e. The second-order valence-electron chi connectivity index (χ2n) is 7.99. The fraction of sp³-hybridized carbons (Fsp3) is 0.259. The van der Waals surface area contributed by atoms with Gasteiger partial charge in [-0.05, 0) is 75.1 Å². The minimum atomic E-state index is 0.534. The first-order valence-corrected chi connectivity index (χ1v) is 10.5. The van der Waals surface area contributed by atoms with Crippen LogP contribution in [0.3, 0.4) is 0 Å². The third kappa shape index (κ3) is 2.50. The van der Waals surface area contributed by atoms with Crippen LogP contribution in [-0.4, -0.2) is 24.0 Å². The minimum absolute atomic E-state index is 0.534. The minimum Gasteiger partial charge on any atom is -0.301 e. The van der Waals surface area contributed by atoms with E-state index in [1.165, 1.54) is 48.7 Å². The van der Waals surface area contributed by atoms with E-state index in [0.717, 1.165) is 19.5 Å². The van der Waals surface area contributed by atoms with Crippen molar-refractivity contribution in [2.75, 3.05) is 13.1 Å². The van der Waals surface area contributed by atoms with Crippen LogP contribution >= 0.6 is 0 Å². The lowest BCUT2D eigenvalue weighted by Gasteiger charge is -2.27. The van der Waals surface area contributed by atoms with Crippen molar-refractivity contribution in [2.45, 2.75) is 33.2 Å². The van der Waals surface area contributed by atoms with Crippen molar-refractivity contribution in [1.29, 1.82) is 0 Å². The van der Waals surface area contributed by atoms with Gasteiger partial charge in [-0.3, -0.25) is 0 Å². The molecule has 0 heterocycles. The summed E-state index contributed by atoms with van der Waals surface area (Å²) < 4.78 is 0. The van der Waals surface area contributed by atoms with Crippen molar-refractivity contribution in [3.05, 3.63) is 72.3 Å². The van der Waals surface area contributed by atoms with Crippen LogP contribution in [-0.2, 0) is 6.42 Å². The summed E-state index contributed by atoms with van der Waals surface area (Å²) in [6.07, 6.45) is 1.08. The van der Waals surface area contributed by atoms with Gasteiger partial charge in [0.1, 0.15) is 0 Å². The summed E-state index contributed by atoms with van der Waals surface area (Å²) in [5.41, 5.74) is 1.47. The fourth-order valence-corrected chi connectivity index (χ4v) is 5.19. The number of benzene rings is 5. The molecule has 1 unspecified atom stereocenters. The van der Waals surface area contributed by atoms with Gasteiger partial charge >= 0.3 is 0 Å². The van der Waals surface area contributed by atoms with Crippen molar-refractivity contribution in [3.8, 4) is 0 Å². The molecule has 0 aliphatic heterocycles. The molecule has 0 saturated heterocycles. The maximum absolute atomic E-state index is 2.56. The molecule has 0 aliphatic carbocycles. The molecule has 0 saturated carbocycles. The van der Waals surface area contributed by atoms with Crippen LogP contribution in [0.1, 0.15) is 26.3 Å². The van der Waals surface area contributed by atoms with Crippen LogP contribution in [0.15, 0.2) is 66.7 Å². The Morgan fingerprint density at radius 1 is 0.643 bits per heavy atom. The van der Waals surface area contributed by atoms with Gasteiger partial charge in [0.2, 0.25) is 0 Å². The quantitative estimate of drug-likeness (QED) is 0.239. The van der Waals surface area contributed by atoms with Crippen LogP contribution in [0.25, 0.3) is 43.1 Å². The third-order valence-corrected chi connectivity index (χ3v) is 6.55. The Hall–Kier alpha value is -2.64. The van der Waals surface area contributed by atoms with E-state index in [9.17, 15) is 0 Å². The van der Waals surface area contributed by atoms with Gasteiger partial charge in [0.05, 0.1) is 0 Å². The SMILES string of the molecule is CCN(CC)C(C)Cc1ccc2cccc3c4cccc5cccc(c1c23)c54. The molecule has 0 aromatic heterocycles. The molecule has 28 heavy (non-hydrogen) atoms. The molecule has 5 aromatic carbocycles. The van der Waals surface area contributed by atoms with Crippen LogP contribution < -0.4 is 0 Å². The molecule has 0 aliphatic rings. The van der Waals surface area contributed by atoms with Crippen LogP contribution in [0.5, 0.6) is 0 Å². The second-order valence-corrected chi connectivity index (χ2v) is 7.99. The molecule has 5 aromatic rings. The Morgan fingerprint density at radius 3 is 1.86 bits per heavy atom. The molecule has 5 rings (SSSR count). The summed E-state index contributed by atoms with van der Waals surface area (Å²) in [5.74, 6) is 0. The zero-order valence-electron chi connectivity index (χ0n) is 17.0. The number of nitrogens with zero attached hydrogens (tertiary/aromatic N) is 1. The van der Waals surface area contributed by atoms with Gasteiger partial charge in [0, 0.05) is 6.04 Å². The third-order valence-electron chi connectivity index (χ3n) is 6.55. The highest BCUT2D eigenvalue weighted by atomic mass is 15.1. The van der Waals surface area contributed by atoms with Crippen molar-refractivity contribution in [2.24, 2.45) is 0 Å². The smallest absolute Gasteiger partial charge is 0.0107 e. The zero-order chi connectivity index (χ0) is 19.3. The summed E-state index contributed by atoms with van der Waals surface area (Å²) in [6.45, 7) is 9.10. The van der Waals surface area contributed by atoms with E-state index in [2.05, 4.69) is 92.4 Å². The van der Waals surface area contributed by atoms with Crippen molar-refractivity contribution in [3.63, 3.8) is 0 Å². The number of likely N-dealkylation sites (N-methyl/N-ethyl adjacent to an activating group) is 1. The lowest BCUT2D eigenvalue weighted by molar-refractivity contribution is 0.230. The van der Waals surface area contributed by atoms with Gasteiger partial charge in [0.25, 0.3) is 0 Å². The molecule has 0 fully saturated rings. The highest BCUT2D eigenvalue weighted by molar-refractivity contribution is 6.33. The first kappa shape index (κ1) is 17.5. The van der Waals surface area contributed by atoms with Crippen LogP contribution in [0, 0.1) is 0 Å². The average Bonchev–Trinajstić information content (AvgIpc) is 2.73. The van der Waals surface area contributed by atoms with E-state index in [-0.39, 0.29) is 0 Å². The zero-order valence-corrected chi connectivity index (χ0v) is 17.0. The maximum atomic E-state index is 2.56. The molecule has 0 radical (unpaired) electrons. The summed E-state index contributed by atoms with van der Waals surface area (Å²) in [5, 5.41) is 11.1. The van der Waals surface area contributed by atoms with E-state index in [1.807, 2.05) is 0 Å². The van der Waals surface area contributed by atoms with Crippen molar-refractivity contribution in [1.82, 2.24) is 4.90 Å². The molecule has 0 amide bonds. The van der Waals surface area contributed by atoms with Gasteiger partial charge in [-0.15, -0.1) is 0 Å². The Labute approximate surface area is 166 Å². The first-order chi connectivity index (χ1) is 13.7. The van der Waals surface area contributed by atoms with E-state index >= 15 is 0 Å². The van der Waals surface area contributed by atoms with Crippen LogP contribution in [0.4, 0.5) is 0 Å². The average molecular weight is 366 g/mol. The number of fused-ring (bicyclic) bond motifs is 2. The highest BCUT2D eigenvalue weighted by Crippen LogP contribution is 2.41.